The van der Waals surface area contributed by atoms with E-state index in [1.165, 1.54) is 19.3 Å². The van der Waals surface area contributed by atoms with E-state index in [1.54, 1.807) is 0 Å². The number of hydrogen-bond acceptors (Lipinski definition) is 3. The fourth-order valence-corrected chi connectivity index (χ4v) is 2.34. The molecule has 0 aliphatic rings. The first-order valence-corrected chi connectivity index (χ1v) is 7.34. The first-order chi connectivity index (χ1) is 9.80. The Balaban J connectivity index is 2.14. The molecule has 0 N–H and O–H groups in total. The Morgan fingerprint density at radius 2 is 2.10 bits per heavy atom. The first kappa shape index (κ1) is 14.5. The van der Waals surface area contributed by atoms with Crippen LogP contribution in [0, 0.1) is 17.2 Å². The van der Waals surface area contributed by atoms with Crippen LogP contribution in [0.2, 0.25) is 0 Å². The summed E-state index contributed by atoms with van der Waals surface area (Å²) in [7, 11) is 0. The van der Waals surface area contributed by atoms with Gasteiger partial charge in [-0.2, -0.15) is 5.26 Å². The summed E-state index contributed by atoms with van der Waals surface area (Å²) in [6.07, 6.45) is 4.69. The van der Waals surface area contributed by atoms with Crippen LogP contribution in [-0.2, 0) is 0 Å². The SMILES string of the molecule is CCCCC(CC)COc1c(C#N)oc2ccccc12. The second-order valence-electron chi connectivity index (χ2n) is 5.10. The zero-order valence-corrected chi connectivity index (χ0v) is 12.2. The lowest BCUT2D eigenvalue weighted by molar-refractivity contribution is 0.232. The molecule has 0 saturated carbocycles. The second-order valence-corrected chi connectivity index (χ2v) is 5.10. The molecule has 1 aromatic carbocycles. The van der Waals surface area contributed by atoms with Gasteiger partial charge in [-0.15, -0.1) is 0 Å². The van der Waals surface area contributed by atoms with Gasteiger partial charge in [-0.25, -0.2) is 0 Å². The number of nitriles is 1. The molecule has 0 fully saturated rings. The van der Waals surface area contributed by atoms with Gasteiger partial charge < -0.3 is 9.15 Å². The Kier molecular flexibility index (Phi) is 5.06. The molecule has 1 atom stereocenters. The standard InChI is InChI=1S/C17H21NO2/c1-3-5-8-13(4-2)12-19-17-14-9-6-7-10-15(14)20-16(17)11-18/h6-7,9-10,13H,3-5,8,12H2,1-2H3. The molecule has 0 bridgehead atoms. The van der Waals surface area contributed by atoms with Gasteiger partial charge in [0, 0.05) is 0 Å². The Hall–Kier alpha value is -1.95. The molecular formula is C17H21NO2. The number of para-hydroxylation sites is 1. The molecule has 1 unspecified atom stereocenters. The highest BCUT2D eigenvalue weighted by molar-refractivity contribution is 5.86. The fourth-order valence-electron chi connectivity index (χ4n) is 2.34. The molecule has 2 aromatic rings. The van der Waals surface area contributed by atoms with Gasteiger partial charge >= 0.3 is 0 Å². The molecule has 106 valence electrons. The summed E-state index contributed by atoms with van der Waals surface area (Å²) >= 11 is 0. The zero-order chi connectivity index (χ0) is 14.4. The van der Waals surface area contributed by atoms with Crippen LogP contribution in [0.3, 0.4) is 0 Å². The summed E-state index contributed by atoms with van der Waals surface area (Å²) < 4.78 is 11.4. The highest BCUT2D eigenvalue weighted by atomic mass is 16.5. The molecule has 3 nitrogen and oxygen atoms in total. The number of rotatable bonds is 7. The highest BCUT2D eigenvalue weighted by Gasteiger charge is 2.16. The van der Waals surface area contributed by atoms with Crippen LogP contribution >= 0.6 is 0 Å². The topological polar surface area (TPSA) is 46.2 Å². The maximum absolute atomic E-state index is 9.16. The summed E-state index contributed by atoms with van der Waals surface area (Å²) in [5, 5.41) is 10.0. The van der Waals surface area contributed by atoms with Crippen molar-refractivity contribution in [2.75, 3.05) is 6.61 Å². The quantitative estimate of drug-likeness (QED) is 0.719. The molecule has 3 heteroatoms. The molecular weight excluding hydrogens is 250 g/mol. The van der Waals surface area contributed by atoms with Gasteiger partial charge in [0.2, 0.25) is 5.76 Å². The van der Waals surface area contributed by atoms with Crippen molar-refractivity contribution in [1.82, 2.24) is 0 Å². The van der Waals surface area contributed by atoms with E-state index < -0.39 is 0 Å². The van der Waals surface area contributed by atoms with Gasteiger partial charge in [0.15, 0.2) is 5.75 Å². The van der Waals surface area contributed by atoms with E-state index in [-0.39, 0.29) is 5.76 Å². The number of ether oxygens (including phenoxy) is 1. The number of nitrogens with zero attached hydrogens (tertiary/aromatic N) is 1. The minimum Gasteiger partial charge on any atom is -0.488 e. The predicted molar refractivity (Wildman–Crippen MR) is 79.7 cm³/mol. The monoisotopic (exact) mass is 271 g/mol. The Morgan fingerprint density at radius 1 is 1.30 bits per heavy atom. The number of furan rings is 1. The predicted octanol–water partition coefficient (Wildman–Crippen LogP) is 4.90. The van der Waals surface area contributed by atoms with Crippen molar-refractivity contribution in [3.05, 3.63) is 30.0 Å². The highest BCUT2D eigenvalue weighted by Crippen LogP contribution is 2.33. The first-order valence-electron chi connectivity index (χ1n) is 7.34. The van der Waals surface area contributed by atoms with E-state index in [0.29, 0.717) is 23.9 Å². The van der Waals surface area contributed by atoms with Gasteiger partial charge in [-0.1, -0.05) is 45.2 Å². The average molecular weight is 271 g/mol. The van der Waals surface area contributed by atoms with Crippen molar-refractivity contribution in [2.24, 2.45) is 5.92 Å². The van der Waals surface area contributed by atoms with Crippen molar-refractivity contribution in [3.8, 4) is 11.8 Å². The van der Waals surface area contributed by atoms with Crippen LogP contribution < -0.4 is 4.74 Å². The number of unbranched alkanes of at least 4 members (excludes halogenated alkanes) is 1. The third kappa shape index (κ3) is 3.14. The lowest BCUT2D eigenvalue weighted by atomic mass is 10.0. The van der Waals surface area contributed by atoms with E-state index in [4.69, 9.17) is 14.4 Å². The molecule has 0 aliphatic heterocycles. The lowest BCUT2D eigenvalue weighted by Crippen LogP contribution is -2.11. The van der Waals surface area contributed by atoms with Gasteiger partial charge in [0.25, 0.3) is 0 Å². The van der Waals surface area contributed by atoms with Crippen LogP contribution in [-0.4, -0.2) is 6.61 Å². The molecule has 0 spiro atoms. The molecule has 0 radical (unpaired) electrons. The average Bonchev–Trinajstić information content (AvgIpc) is 2.85. The van der Waals surface area contributed by atoms with Crippen molar-refractivity contribution in [3.63, 3.8) is 0 Å². The van der Waals surface area contributed by atoms with Gasteiger partial charge in [0.05, 0.1) is 12.0 Å². The Labute approximate surface area is 120 Å². The summed E-state index contributed by atoms with van der Waals surface area (Å²) in [5.74, 6) is 1.41. The minimum atomic E-state index is 0.275. The summed E-state index contributed by atoms with van der Waals surface area (Å²) in [4.78, 5) is 0. The maximum atomic E-state index is 9.16. The number of hydrogen-bond donors (Lipinski definition) is 0. The molecule has 1 aromatic heterocycles. The molecule has 2 rings (SSSR count). The molecule has 0 aliphatic carbocycles. The summed E-state index contributed by atoms with van der Waals surface area (Å²) in [6.45, 7) is 5.03. The van der Waals surface area contributed by atoms with E-state index in [9.17, 15) is 0 Å². The van der Waals surface area contributed by atoms with Crippen LogP contribution in [0.4, 0.5) is 0 Å². The fraction of sp³-hybridized carbons (Fsp3) is 0.471. The summed E-state index contributed by atoms with van der Waals surface area (Å²) in [5.41, 5.74) is 0.709. The molecule has 0 amide bonds. The third-order valence-electron chi connectivity index (χ3n) is 3.66. The van der Waals surface area contributed by atoms with Crippen molar-refractivity contribution >= 4 is 11.0 Å². The third-order valence-corrected chi connectivity index (χ3v) is 3.66. The molecule has 20 heavy (non-hydrogen) atoms. The molecule has 0 saturated heterocycles. The van der Waals surface area contributed by atoms with E-state index in [0.717, 1.165) is 11.8 Å². The van der Waals surface area contributed by atoms with Crippen LogP contribution in [0.5, 0.6) is 5.75 Å². The smallest absolute Gasteiger partial charge is 0.246 e. The van der Waals surface area contributed by atoms with Gasteiger partial charge in [0.1, 0.15) is 11.7 Å². The van der Waals surface area contributed by atoms with Crippen LogP contribution in [0.1, 0.15) is 45.3 Å². The Bertz CT molecular complexity index is 595. The van der Waals surface area contributed by atoms with Crippen LogP contribution in [0.15, 0.2) is 28.7 Å². The number of fused-ring (bicyclic) bond motifs is 1. The largest absolute Gasteiger partial charge is 0.488 e. The van der Waals surface area contributed by atoms with E-state index in [2.05, 4.69) is 19.9 Å². The Morgan fingerprint density at radius 3 is 2.80 bits per heavy atom. The molecule has 1 heterocycles. The van der Waals surface area contributed by atoms with Crippen molar-refractivity contribution in [2.45, 2.75) is 39.5 Å². The normalized spacial score (nSPS) is 12.2. The van der Waals surface area contributed by atoms with E-state index in [1.807, 2.05) is 24.3 Å². The minimum absolute atomic E-state index is 0.275. The summed E-state index contributed by atoms with van der Waals surface area (Å²) in [6, 6.07) is 9.70. The van der Waals surface area contributed by atoms with Crippen molar-refractivity contribution < 1.29 is 9.15 Å². The second kappa shape index (κ2) is 7.00. The van der Waals surface area contributed by atoms with E-state index >= 15 is 0 Å². The maximum Gasteiger partial charge on any atom is 0.246 e. The number of benzene rings is 1. The van der Waals surface area contributed by atoms with Gasteiger partial charge in [-0.3, -0.25) is 0 Å². The lowest BCUT2D eigenvalue weighted by Gasteiger charge is -2.14. The van der Waals surface area contributed by atoms with Gasteiger partial charge in [-0.05, 0) is 24.5 Å². The van der Waals surface area contributed by atoms with Crippen molar-refractivity contribution in [1.29, 1.82) is 5.26 Å². The van der Waals surface area contributed by atoms with Crippen LogP contribution in [0.25, 0.3) is 11.0 Å². The zero-order valence-electron chi connectivity index (χ0n) is 12.2.